The van der Waals surface area contributed by atoms with Gasteiger partial charge in [-0.05, 0) is 35.6 Å². The van der Waals surface area contributed by atoms with Crippen molar-refractivity contribution in [3.63, 3.8) is 0 Å². The molecule has 1 fully saturated rings. The molecule has 3 nitrogen and oxygen atoms in total. The highest BCUT2D eigenvalue weighted by atomic mass is 15.2. The monoisotopic (exact) mass is 269 g/mol. The molecule has 0 aliphatic heterocycles. The van der Waals surface area contributed by atoms with E-state index in [0.717, 1.165) is 5.92 Å². The highest BCUT2D eigenvalue weighted by Gasteiger charge is 2.31. The average molecular weight is 269 g/mol. The Labute approximate surface area is 120 Å². The quantitative estimate of drug-likeness (QED) is 0.659. The summed E-state index contributed by atoms with van der Waals surface area (Å²) in [6.07, 6.45) is 9.05. The van der Waals surface area contributed by atoms with Crippen molar-refractivity contribution in [1.29, 1.82) is 0 Å². The van der Waals surface area contributed by atoms with Crippen LogP contribution in [0.15, 0.2) is 36.7 Å². The number of pyridine rings is 1. The lowest BCUT2D eigenvalue weighted by atomic mass is 9.89. The Morgan fingerprint density at radius 1 is 1.30 bits per heavy atom. The fraction of sp³-hybridized carbons (Fsp3) is 0.471. The second-order valence-electron chi connectivity index (χ2n) is 5.94. The lowest BCUT2D eigenvalue weighted by Crippen LogP contribution is -2.33. The number of benzene rings is 1. The standard InChI is InChI=1S/C17H23N3/c1-2-12-7-8-13(9-12)17(20-18)16-11-19-10-14-5-3-4-6-15(14)16/h3-6,10-13,17,20H,2,7-9,18H2,1H3. The molecule has 2 aromatic rings. The van der Waals surface area contributed by atoms with Crippen molar-refractivity contribution in [3.05, 3.63) is 42.2 Å². The Morgan fingerprint density at radius 2 is 2.15 bits per heavy atom. The minimum absolute atomic E-state index is 0.213. The molecule has 1 aliphatic carbocycles. The van der Waals surface area contributed by atoms with E-state index < -0.39 is 0 Å². The second kappa shape index (κ2) is 5.90. The molecular formula is C17H23N3. The summed E-state index contributed by atoms with van der Waals surface area (Å²) in [7, 11) is 0. The van der Waals surface area contributed by atoms with Gasteiger partial charge < -0.3 is 0 Å². The van der Waals surface area contributed by atoms with Gasteiger partial charge in [-0.1, -0.05) is 44.0 Å². The van der Waals surface area contributed by atoms with E-state index in [2.05, 4.69) is 41.6 Å². The number of fused-ring (bicyclic) bond motifs is 1. The van der Waals surface area contributed by atoms with Gasteiger partial charge in [0.2, 0.25) is 0 Å². The van der Waals surface area contributed by atoms with Crippen LogP contribution in [0.2, 0.25) is 0 Å². The second-order valence-corrected chi connectivity index (χ2v) is 5.94. The fourth-order valence-electron chi connectivity index (χ4n) is 3.65. The number of hydrazine groups is 1. The van der Waals surface area contributed by atoms with Crippen LogP contribution in [0.4, 0.5) is 0 Å². The number of aromatic nitrogens is 1. The topological polar surface area (TPSA) is 50.9 Å². The average Bonchev–Trinajstić information content (AvgIpc) is 2.97. The van der Waals surface area contributed by atoms with Gasteiger partial charge in [-0.25, -0.2) is 0 Å². The summed E-state index contributed by atoms with van der Waals surface area (Å²) in [6, 6.07) is 8.64. The van der Waals surface area contributed by atoms with E-state index in [1.165, 1.54) is 42.0 Å². The van der Waals surface area contributed by atoms with Gasteiger partial charge in [-0.2, -0.15) is 0 Å². The number of nitrogens with zero attached hydrogens (tertiary/aromatic N) is 1. The summed E-state index contributed by atoms with van der Waals surface area (Å²) < 4.78 is 0. The highest BCUT2D eigenvalue weighted by Crippen LogP contribution is 2.41. The first kappa shape index (κ1) is 13.5. The fourth-order valence-corrected chi connectivity index (χ4v) is 3.65. The molecule has 3 atom stereocenters. The molecule has 3 unspecified atom stereocenters. The first-order chi connectivity index (χ1) is 9.83. The van der Waals surface area contributed by atoms with Crippen molar-refractivity contribution in [2.24, 2.45) is 17.7 Å². The van der Waals surface area contributed by atoms with Gasteiger partial charge in [-0.15, -0.1) is 0 Å². The van der Waals surface area contributed by atoms with Crippen LogP contribution >= 0.6 is 0 Å². The molecule has 0 bridgehead atoms. The molecule has 1 aliphatic rings. The molecule has 1 aromatic carbocycles. The van der Waals surface area contributed by atoms with Crippen molar-refractivity contribution in [1.82, 2.24) is 10.4 Å². The lowest BCUT2D eigenvalue weighted by Gasteiger charge is -2.24. The van der Waals surface area contributed by atoms with Crippen molar-refractivity contribution >= 4 is 10.8 Å². The SMILES string of the molecule is CCC1CCC(C(NN)c2cncc3ccccc23)C1. The molecule has 3 N–H and O–H groups in total. The van der Waals surface area contributed by atoms with Gasteiger partial charge in [0.1, 0.15) is 0 Å². The van der Waals surface area contributed by atoms with Gasteiger partial charge >= 0.3 is 0 Å². The molecule has 1 heterocycles. The van der Waals surface area contributed by atoms with Crippen LogP contribution in [-0.4, -0.2) is 4.98 Å². The Hall–Kier alpha value is -1.45. The van der Waals surface area contributed by atoms with Crippen LogP contribution < -0.4 is 11.3 Å². The number of nitrogens with two attached hydrogens (primary N) is 1. The van der Waals surface area contributed by atoms with Crippen molar-refractivity contribution < 1.29 is 0 Å². The summed E-state index contributed by atoms with van der Waals surface area (Å²) in [5.74, 6) is 7.37. The molecule has 1 aromatic heterocycles. The van der Waals surface area contributed by atoms with Crippen LogP contribution in [0.1, 0.15) is 44.2 Å². The Kier molecular flexibility index (Phi) is 3.99. The maximum absolute atomic E-state index is 5.88. The zero-order valence-corrected chi connectivity index (χ0v) is 12.0. The minimum Gasteiger partial charge on any atom is -0.271 e. The first-order valence-electron chi connectivity index (χ1n) is 7.62. The smallest absolute Gasteiger partial charge is 0.0509 e. The summed E-state index contributed by atoms with van der Waals surface area (Å²) in [4.78, 5) is 4.40. The van der Waals surface area contributed by atoms with Crippen LogP contribution in [0.5, 0.6) is 0 Å². The highest BCUT2D eigenvalue weighted by molar-refractivity contribution is 5.85. The lowest BCUT2D eigenvalue weighted by molar-refractivity contribution is 0.359. The summed E-state index contributed by atoms with van der Waals surface area (Å²) in [6.45, 7) is 2.29. The third kappa shape index (κ3) is 2.43. The number of hydrogen-bond donors (Lipinski definition) is 2. The third-order valence-electron chi connectivity index (χ3n) is 4.84. The van der Waals surface area contributed by atoms with E-state index in [0.29, 0.717) is 5.92 Å². The summed E-state index contributed by atoms with van der Waals surface area (Å²) >= 11 is 0. The van der Waals surface area contributed by atoms with Crippen LogP contribution in [-0.2, 0) is 0 Å². The normalized spacial score (nSPS) is 24.1. The van der Waals surface area contributed by atoms with Crippen LogP contribution in [0, 0.1) is 11.8 Å². The Balaban J connectivity index is 1.95. The molecule has 20 heavy (non-hydrogen) atoms. The Morgan fingerprint density at radius 3 is 2.90 bits per heavy atom. The molecule has 0 spiro atoms. The van der Waals surface area contributed by atoms with Gasteiger partial charge in [-0.3, -0.25) is 16.3 Å². The van der Waals surface area contributed by atoms with E-state index in [4.69, 9.17) is 5.84 Å². The Bertz CT molecular complexity index is 576. The molecular weight excluding hydrogens is 246 g/mol. The van der Waals surface area contributed by atoms with E-state index in [1.54, 1.807) is 0 Å². The maximum Gasteiger partial charge on any atom is 0.0509 e. The summed E-state index contributed by atoms with van der Waals surface area (Å²) in [5.41, 5.74) is 4.30. The van der Waals surface area contributed by atoms with Gasteiger partial charge in [0.05, 0.1) is 6.04 Å². The van der Waals surface area contributed by atoms with Crippen LogP contribution in [0.25, 0.3) is 10.8 Å². The minimum atomic E-state index is 0.213. The van der Waals surface area contributed by atoms with Crippen molar-refractivity contribution in [2.45, 2.75) is 38.6 Å². The predicted molar refractivity (Wildman–Crippen MR) is 82.9 cm³/mol. The summed E-state index contributed by atoms with van der Waals surface area (Å²) in [5, 5.41) is 2.46. The number of rotatable bonds is 4. The van der Waals surface area contributed by atoms with E-state index in [9.17, 15) is 0 Å². The molecule has 0 saturated heterocycles. The van der Waals surface area contributed by atoms with E-state index in [1.807, 2.05) is 12.4 Å². The van der Waals surface area contributed by atoms with Crippen molar-refractivity contribution in [2.75, 3.05) is 0 Å². The number of hydrogen-bond acceptors (Lipinski definition) is 3. The third-order valence-corrected chi connectivity index (χ3v) is 4.84. The molecule has 1 saturated carbocycles. The molecule has 3 heteroatoms. The van der Waals surface area contributed by atoms with Gasteiger partial charge in [0, 0.05) is 17.8 Å². The zero-order valence-electron chi connectivity index (χ0n) is 12.0. The zero-order chi connectivity index (χ0) is 13.9. The number of nitrogens with one attached hydrogen (secondary N) is 1. The van der Waals surface area contributed by atoms with Crippen LogP contribution in [0.3, 0.4) is 0 Å². The largest absolute Gasteiger partial charge is 0.271 e. The van der Waals surface area contributed by atoms with Gasteiger partial charge in [0.15, 0.2) is 0 Å². The first-order valence-corrected chi connectivity index (χ1v) is 7.62. The molecule has 3 rings (SSSR count). The molecule has 0 amide bonds. The predicted octanol–water partition coefficient (Wildman–Crippen LogP) is 3.57. The van der Waals surface area contributed by atoms with E-state index >= 15 is 0 Å². The molecule has 106 valence electrons. The maximum atomic E-state index is 5.88. The van der Waals surface area contributed by atoms with Crippen molar-refractivity contribution in [3.8, 4) is 0 Å². The van der Waals surface area contributed by atoms with Gasteiger partial charge in [0.25, 0.3) is 0 Å². The molecule has 0 radical (unpaired) electrons. The van der Waals surface area contributed by atoms with E-state index in [-0.39, 0.29) is 6.04 Å².